The molecule has 9 aromatic rings. The van der Waals surface area contributed by atoms with Gasteiger partial charge in [-0.1, -0.05) is 170 Å². The van der Waals surface area contributed by atoms with E-state index < -0.39 is 0 Å². The summed E-state index contributed by atoms with van der Waals surface area (Å²) in [6.45, 7) is 0. The Labute approximate surface area is 299 Å². The molecule has 0 aliphatic carbocycles. The van der Waals surface area contributed by atoms with Crippen LogP contribution < -0.4 is 4.90 Å². The molecule has 9 rings (SSSR count). The zero-order valence-corrected chi connectivity index (χ0v) is 28.2. The molecular weight excluding hydrogens is 615 g/mol. The topological polar surface area (TPSA) is 3.24 Å². The number of hydrogen-bond donors (Lipinski definition) is 0. The maximum atomic E-state index is 2.37. The standard InChI is InChI=1S/C50H35N/c1-3-14-36(15-4-1)37-26-30-43(31-27-37)51(50-25-12-11-22-46(50)39-16-5-2-6-17-39)44-32-28-38(29-33-44)40-19-13-20-41(34-40)49-35-42-18-7-8-21-45(42)47-23-9-10-24-48(47)49/h1-35H. The molecule has 0 unspecified atom stereocenters. The molecule has 0 aliphatic heterocycles. The van der Waals surface area contributed by atoms with Gasteiger partial charge in [-0.05, 0) is 103 Å². The molecular formula is C50H35N. The van der Waals surface area contributed by atoms with Gasteiger partial charge in [-0.25, -0.2) is 0 Å². The minimum absolute atomic E-state index is 1.10. The van der Waals surface area contributed by atoms with Gasteiger partial charge in [0.25, 0.3) is 0 Å². The van der Waals surface area contributed by atoms with E-state index in [0.29, 0.717) is 0 Å². The van der Waals surface area contributed by atoms with Gasteiger partial charge in [-0.3, -0.25) is 0 Å². The Morgan fingerprint density at radius 1 is 0.255 bits per heavy atom. The van der Waals surface area contributed by atoms with E-state index in [2.05, 4.69) is 217 Å². The molecule has 0 amide bonds. The number of fused-ring (bicyclic) bond motifs is 3. The zero-order valence-electron chi connectivity index (χ0n) is 28.2. The van der Waals surface area contributed by atoms with Crippen molar-refractivity contribution in [3.63, 3.8) is 0 Å². The molecule has 0 aromatic heterocycles. The maximum absolute atomic E-state index is 2.37. The van der Waals surface area contributed by atoms with E-state index in [4.69, 9.17) is 0 Å². The second kappa shape index (κ2) is 13.3. The van der Waals surface area contributed by atoms with Crippen LogP contribution in [0, 0.1) is 0 Å². The van der Waals surface area contributed by atoms with Crippen LogP contribution in [0.3, 0.4) is 0 Å². The van der Waals surface area contributed by atoms with Gasteiger partial charge >= 0.3 is 0 Å². The Hall–Kier alpha value is -6.70. The van der Waals surface area contributed by atoms with E-state index in [0.717, 1.165) is 17.1 Å². The van der Waals surface area contributed by atoms with Gasteiger partial charge in [0.05, 0.1) is 5.69 Å². The summed E-state index contributed by atoms with van der Waals surface area (Å²) in [6, 6.07) is 76.5. The van der Waals surface area contributed by atoms with Gasteiger partial charge in [0.15, 0.2) is 0 Å². The van der Waals surface area contributed by atoms with Gasteiger partial charge in [-0.15, -0.1) is 0 Å². The van der Waals surface area contributed by atoms with Crippen molar-refractivity contribution in [3.05, 3.63) is 212 Å². The van der Waals surface area contributed by atoms with Crippen molar-refractivity contribution >= 4 is 38.6 Å². The van der Waals surface area contributed by atoms with Gasteiger partial charge in [0.2, 0.25) is 0 Å². The van der Waals surface area contributed by atoms with Gasteiger partial charge < -0.3 is 4.90 Å². The number of para-hydroxylation sites is 1. The fourth-order valence-corrected chi connectivity index (χ4v) is 7.35. The smallest absolute Gasteiger partial charge is 0.0540 e. The number of hydrogen-bond acceptors (Lipinski definition) is 1. The number of benzene rings is 9. The van der Waals surface area contributed by atoms with Crippen molar-refractivity contribution in [2.75, 3.05) is 4.90 Å². The maximum Gasteiger partial charge on any atom is 0.0540 e. The van der Waals surface area contributed by atoms with Crippen molar-refractivity contribution < 1.29 is 0 Å². The van der Waals surface area contributed by atoms with Crippen LogP contribution in [0.1, 0.15) is 0 Å². The van der Waals surface area contributed by atoms with Gasteiger partial charge in [0, 0.05) is 16.9 Å². The lowest BCUT2D eigenvalue weighted by Gasteiger charge is -2.28. The van der Waals surface area contributed by atoms with Crippen LogP contribution in [0.15, 0.2) is 212 Å². The molecule has 1 heteroatoms. The van der Waals surface area contributed by atoms with Crippen LogP contribution in [-0.4, -0.2) is 0 Å². The molecule has 51 heavy (non-hydrogen) atoms. The highest BCUT2D eigenvalue weighted by molar-refractivity contribution is 6.13. The Morgan fingerprint density at radius 3 is 1.45 bits per heavy atom. The molecule has 240 valence electrons. The summed E-state index contributed by atoms with van der Waals surface area (Å²) in [5.41, 5.74) is 13.0. The Balaban J connectivity index is 1.12. The number of rotatable bonds is 7. The zero-order chi connectivity index (χ0) is 34.0. The molecule has 0 heterocycles. The monoisotopic (exact) mass is 649 g/mol. The minimum atomic E-state index is 1.10. The third kappa shape index (κ3) is 5.86. The Kier molecular flexibility index (Phi) is 7.92. The SMILES string of the molecule is c1ccc(-c2ccc(N(c3ccc(-c4cccc(-c5cc6ccccc6c6ccccc56)c4)cc3)c3ccccc3-c3ccccc3)cc2)cc1. The summed E-state index contributed by atoms with van der Waals surface area (Å²) >= 11 is 0. The highest BCUT2D eigenvalue weighted by atomic mass is 15.1. The average molecular weight is 650 g/mol. The molecule has 9 aromatic carbocycles. The van der Waals surface area contributed by atoms with Crippen LogP contribution in [0.25, 0.3) is 66.1 Å². The molecule has 0 radical (unpaired) electrons. The van der Waals surface area contributed by atoms with E-state index in [1.54, 1.807) is 0 Å². The molecule has 0 saturated carbocycles. The second-order valence-corrected chi connectivity index (χ2v) is 13.0. The van der Waals surface area contributed by atoms with Crippen LogP contribution in [-0.2, 0) is 0 Å². The van der Waals surface area contributed by atoms with Crippen LogP contribution in [0.2, 0.25) is 0 Å². The van der Waals surface area contributed by atoms with Crippen molar-refractivity contribution in [2.45, 2.75) is 0 Å². The molecule has 0 aliphatic rings. The molecule has 0 saturated heterocycles. The van der Waals surface area contributed by atoms with Gasteiger partial charge in [-0.2, -0.15) is 0 Å². The van der Waals surface area contributed by atoms with Gasteiger partial charge in [0.1, 0.15) is 0 Å². The third-order valence-electron chi connectivity index (χ3n) is 9.86. The van der Waals surface area contributed by atoms with E-state index in [1.165, 1.54) is 66.1 Å². The van der Waals surface area contributed by atoms with Crippen molar-refractivity contribution in [1.29, 1.82) is 0 Å². The molecule has 0 bridgehead atoms. The Bertz CT molecular complexity index is 2600. The van der Waals surface area contributed by atoms with Crippen molar-refractivity contribution in [2.24, 2.45) is 0 Å². The molecule has 0 atom stereocenters. The largest absolute Gasteiger partial charge is 0.310 e. The molecule has 0 N–H and O–H groups in total. The van der Waals surface area contributed by atoms with Crippen molar-refractivity contribution in [1.82, 2.24) is 0 Å². The average Bonchev–Trinajstić information content (AvgIpc) is 3.22. The first-order valence-corrected chi connectivity index (χ1v) is 17.5. The van der Waals surface area contributed by atoms with Crippen LogP contribution in [0.5, 0.6) is 0 Å². The normalized spacial score (nSPS) is 11.1. The predicted molar refractivity (Wildman–Crippen MR) is 218 cm³/mol. The lowest BCUT2D eigenvalue weighted by atomic mass is 9.92. The molecule has 0 fully saturated rings. The van der Waals surface area contributed by atoms with E-state index in [9.17, 15) is 0 Å². The van der Waals surface area contributed by atoms with E-state index >= 15 is 0 Å². The second-order valence-electron chi connectivity index (χ2n) is 13.0. The van der Waals surface area contributed by atoms with E-state index in [-0.39, 0.29) is 0 Å². The first-order chi connectivity index (χ1) is 25.3. The summed E-state index contributed by atoms with van der Waals surface area (Å²) in [6.07, 6.45) is 0. The fourth-order valence-electron chi connectivity index (χ4n) is 7.35. The lowest BCUT2D eigenvalue weighted by molar-refractivity contribution is 1.28. The van der Waals surface area contributed by atoms with Crippen LogP contribution >= 0.6 is 0 Å². The van der Waals surface area contributed by atoms with Crippen molar-refractivity contribution in [3.8, 4) is 44.5 Å². The number of nitrogens with zero attached hydrogens (tertiary/aromatic N) is 1. The molecule has 1 nitrogen and oxygen atoms in total. The third-order valence-corrected chi connectivity index (χ3v) is 9.86. The van der Waals surface area contributed by atoms with Crippen LogP contribution in [0.4, 0.5) is 17.1 Å². The van der Waals surface area contributed by atoms with E-state index in [1.807, 2.05) is 0 Å². The highest BCUT2D eigenvalue weighted by Crippen LogP contribution is 2.42. The Morgan fingerprint density at radius 2 is 0.745 bits per heavy atom. The fraction of sp³-hybridized carbons (Fsp3) is 0. The first kappa shape index (κ1) is 30.4. The highest BCUT2D eigenvalue weighted by Gasteiger charge is 2.18. The summed E-state index contributed by atoms with van der Waals surface area (Å²) < 4.78 is 0. The first-order valence-electron chi connectivity index (χ1n) is 17.5. The summed E-state index contributed by atoms with van der Waals surface area (Å²) in [5, 5.41) is 5.10. The quantitative estimate of drug-likeness (QED) is 0.155. The molecule has 0 spiro atoms. The number of anilines is 3. The minimum Gasteiger partial charge on any atom is -0.310 e. The lowest BCUT2D eigenvalue weighted by Crippen LogP contribution is -2.11. The summed E-state index contributed by atoms with van der Waals surface area (Å²) in [7, 11) is 0. The predicted octanol–water partition coefficient (Wildman–Crippen LogP) is 14.1. The summed E-state index contributed by atoms with van der Waals surface area (Å²) in [5.74, 6) is 0. The summed E-state index contributed by atoms with van der Waals surface area (Å²) in [4.78, 5) is 2.37.